The van der Waals surface area contributed by atoms with Gasteiger partial charge in [0.05, 0.1) is 5.69 Å². The smallest absolute Gasteiger partial charge is 0.118 e. The van der Waals surface area contributed by atoms with Gasteiger partial charge in [0, 0.05) is 55.7 Å². The van der Waals surface area contributed by atoms with Crippen molar-refractivity contribution in [3.05, 3.63) is 96.1 Å². The zero-order valence-electron chi connectivity index (χ0n) is 15.8. The van der Waals surface area contributed by atoms with Crippen molar-refractivity contribution in [1.82, 2.24) is 9.97 Å². The largest absolute Gasteiger partial charge is 2.00 e. The molecule has 0 saturated heterocycles. The molecule has 2 aromatic heterocycles. The first kappa shape index (κ1) is 31.7. The number of benzene rings is 1. The van der Waals surface area contributed by atoms with Crippen LogP contribution < -0.4 is 15.6 Å². The van der Waals surface area contributed by atoms with Gasteiger partial charge in [0.25, 0.3) is 0 Å². The zero-order valence-corrected chi connectivity index (χ0v) is 17.2. The molecular weight excluding hydrogens is 431 g/mol. The minimum absolute atomic E-state index is 0. The Morgan fingerprint density at radius 1 is 0.800 bits per heavy atom. The molecule has 3 N–H and O–H groups in total. The van der Waals surface area contributed by atoms with E-state index < -0.39 is 5.90 Å². The predicted octanol–water partition coefficient (Wildman–Crippen LogP) is -1.68. The van der Waals surface area contributed by atoms with E-state index in [2.05, 4.69) is 20.2 Å². The number of nitrogens with zero attached hydrogens (tertiary/aromatic N) is 4. The summed E-state index contributed by atoms with van der Waals surface area (Å²) in [4.78, 5) is 8.17. The van der Waals surface area contributed by atoms with Crippen LogP contribution in [0.4, 0.5) is 0 Å². The second kappa shape index (κ2) is 19.4. The van der Waals surface area contributed by atoms with E-state index >= 15 is 0 Å². The van der Waals surface area contributed by atoms with Crippen LogP contribution in [0.3, 0.4) is 0 Å². The Kier molecular flexibility index (Phi) is 20.5. The average Bonchev–Trinajstić information content (AvgIpc) is 2.78. The number of hydrogen-bond acceptors (Lipinski definition) is 8. The maximum atomic E-state index is 12.1. The fraction of sp³-hybridized carbons (Fsp3) is 0.0526. The molecule has 1 aromatic carbocycles. The molecule has 30 heavy (non-hydrogen) atoms. The number of pyridine rings is 2. The fourth-order valence-corrected chi connectivity index (χ4v) is 2.00. The standard InChI is InChI=1S/C18H14N4O.CH4O.O2.H2O.O.V/c23-18(15-9-12-19-13-10-15)22-21-17(14-6-2-1-3-7-14)16-8-4-5-11-20-16;2*1-2;;;/h1-13H,(H,22,23);2H,1H3;;1H2;;/q;;-2;;-2;/p-1/b21-17+;;;;;. The second-order valence-corrected chi connectivity index (χ2v) is 4.67. The van der Waals surface area contributed by atoms with Crippen LogP contribution in [0.1, 0.15) is 16.8 Å². The Bertz CT molecular complexity index is 796. The molecular formula is C19H19N4O6V-5. The third kappa shape index (κ3) is 10.0. The number of aromatic nitrogens is 2. The molecule has 2 heterocycles. The molecule has 3 rings (SSSR count). The summed E-state index contributed by atoms with van der Waals surface area (Å²) in [5.74, 6) is -0.420. The molecule has 1 radical (unpaired) electrons. The van der Waals surface area contributed by atoms with Crippen molar-refractivity contribution in [2.45, 2.75) is 0 Å². The summed E-state index contributed by atoms with van der Waals surface area (Å²) < 4.78 is 0. The van der Waals surface area contributed by atoms with E-state index in [1.54, 1.807) is 30.7 Å². The van der Waals surface area contributed by atoms with Crippen LogP contribution in [0.25, 0.3) is 0 Å². The number of aliphatic hydroxyl groups is 1. The summed E-state index contributed by atoms with van der Waals surface area (Å²) in [6.45, 7) is 0. The van der Waals surface area contributed by atoms with Crippen LogP contribution in [0.15, 0.2) is 89.5 Å². The van der Waals surface area contributed by atoms with Gasteiger partial charge in [0.15, 0.2) is 0 Å². The monoisotopic (exact) mass is 450 g/mol. The maximum Gasteiger partial charge on any atom is 0.118 e. The van der Waals surface area contributed by atoms with Crippen molar-refractivity contribution in [3.63, 3.8) is 0 Å². The quantitative estimate of drug-likeness (QED) is 0.213. The van der Waals surface area contributed by atoms with Crippen molar-refractivity contribution >= 4 is 11.6 Å². The van der Waals surface area contributed by atoms with E-state index in [0.717, 1.165) is 12.7 Å². The Labute approximate surface area is 185 Å². The summed E-state index contributed by atoms with van der Waals surface area (Å²) in [5, 5.41) is 41.1. The van der Waals surface area contributed by atoms with E-state index in [-0.39, 0.29) is 29.5 Å². The molecule has 0 fully saturated rings. The van der Waals surface area contributed by atoms with Crippen LogP contribution in [0, 0.1) is 0 Å². The van der Waals surface area contributed by atoms with Crippen molar-refractivity contribution in [2.75, 3.05) is 7.11 Å². The van der Waals surface area contributed by atoms with E-state index in [1.165, 1.54) is 0 Å². The minimum Gasteiger partial charge on any atom is -2.00 e. The molecule has 0 saturated carbocycles. The van der Waals surface area contributed by atoms with Gasteiger partial charge in [0.1, 0.15) is 5.71 Å². The molecule has 0 bridgehead atoms. The van der Waals surface area contributed by atoms with Gasteiger partial charge in [-0.15, -0.1) is 5.10 Å². The van der Waals surface area contributed by atoms with E-state index in [4.69, 9.17) is 15.6 Å². The topological polar surface area (TPSA) is 200 Å². The average molecular weight is 450 g/mol. The first-order chi connectivity index (χ1) is 13.3. The van der Waals surface area contributed by atoms with Gasteiger partial charge in [-0.3, -0.25) is 9.97 Å². The molecule has 3 aromatic rings. The SMILES string of the molecule is CO.O.[O-2].[O-]/C(=N\N=C(/c1ccccc1)c1ccccn1)c1ccncc1.[O-][O-].[V]. The minimum atomic E-state index is -0.420. The number of aliphatic hydroxyl groups excluding tert-OH is 1. The Morgan fingerprint density at radius 2 is 1.37 bits per heavy atom. The molecule has 0 atom stereocenters. The third-order valence-electron chi connectivity index (χ3n) is 3.12. The van der Waals surface area contributed by atoms with Gasteiger partial charge < -0.3 is 31.7 Å². The summed E-state index contributed by atoms with van der Waals surface area (Å²) in [6, 6.07) is 18.2. The van der Waals surface area contributed by atoms with Crippen molar-refractivity contribution in [1.29, 1.82) is 0 Å². The molecule has 0 spiro atoms. The van der Waals surface area contributed by atoms with Crippen LogP contribution in [-0.4, -0.2) is 39.3 Å². The number of hydrogen-bond donors (Lipinski definition) is 1. The molecule has 0 aliphatic carbocycles. The van der Waals surface area contributed by atoms with Gasteiger partial charge in [-0.1, -0.05) is 36.4 Å². The van der Waals surface area contributed by atoms with Crippen LogP contribution in [0.5, 0.6) is 0 Å². The van der Waals surface area contributed by atoms with Gasteiger partial charge in [-0.05, 0) is 29.8 Å². The molecule has 0 amide bonds. The van der Waals surface area contributed by atoms with Crippen LogP contribution in [0.2, 0.25) is 0 Å². The Balaban J connectivity index is -0.000000984. The second-order valence-electron chi connectivity index (χ2n) is 4.67. The van der Waals surface area contributed by atoms with Crippen LogP contribution >= 0.6 is 0 Å². The molecule has 0 aliphatic rings. The molecule has 0 unspecified atom stereocenters. The maximum absolute atomic E-state index is 12.1. The predicted molar refractivity (Wildman–Crippen MR) is 99.5 cm³/mol. The first-order valence-electron chi connectivity index (χ1n) is 7.66. The molecule has 0 aliphatic heterocycles. The molecule has 161 valence electrons. The Hall–Kier alpha value is -2.96. The molecule has 10 nitrogen and oxygen atoms in total. The molecule has 11 heteroatoms. The first-order valence-corrected chi connectivity index (χ1v) is 7.66. The Morgan fingerprint density at radius 3 is 1.90 bits per heavy atom. The van der Waals surface area contributed by atoms with E-state index in [9.17, 15) is 5.11 Å². The van der Waals surface area contributed by atoms with Crippen molar-refractivity contribution in [3.8, 4) is 0 Å². The van der Waals surface area contributed by atoms with Crippen LogP contribution in [-0.2, 0) is 24.0 Å². The van der Waals surface area contributed by atoms with Gasteiger partial charge >= 0.3 is 0 Å². The van der Waals surface area contributed by atoms with Gasteiger partial charge in [0.2, 0.25) is 0 Å². The fourth-order valence-electron chi connectivity index (χ4n) is 2.00. The summed E-state index contributed by atoms with van der Waals surface area (Å²) in [5.41, 5.74) is 2.49. The van der Waals surface area contributed by atoms with E-state index in [0.29, 0.717) is 17.0 Å². The third-order valence-corrected chi connectivity index (χ3v) is 3.12. The van der Waals surface area contributed by atoms with E-state index in [1.807, 2.05) is 48.5 Å². The van der Waals surface area contributed by atoms with Crippen molar-refractivity contribution in [2.24, 2.45) is 10.2 Å². The van der Waals surface area contributed by atoms with Crippen molar-refractivity contribution < 1.29 is 50.2 Å². The summed E-state index contributed by atoms with van der Waals surface area (Å²) in [6.07, 6.45) is 4.77. The normalized spacial score (nSPS) is 9.73. The van der Waals surface area contributed by atoms with Gasteiger partial charge in [-0.2, -0.15) is 5.10 Å². The zero-order chi connectivity index (χ0) is 19.9. The van der Waals surface area contributed by atoms with Gasteiger partial charge in [-0.25, -0.2) is 0 Å². The summed E-state index contributed by atoms with van der Waals surface area (Å²) in [7, 11) is 1.00. The number of rotatable bonds is 4. The summed E-state index contributed by atoms with van der Waals surface area (Å²) >= 11 is 0.